The Kier molecular flexibility index (Phi) is 8.83. The Morgan fingerprint density at radius 1 is 1.02 bits per heavy atom. The minimum absolute atomic E-state index is 0.0480. The average molecular weight is 662 g/mol. The van der Waals surface area contributed by atoms with Gasteiger partial charge in [0.1, 0.15) is 28.2 Å². The van der Waals surface area contributed by atoms with Crippen LogP contribution in [0.2, 0.25) is 0 Å². The standard InChI is InChI=1S/C36H35N7O6/c1-23(21-44)38-33-32-30(16-17-37-34(32)41(40-33)20-24-8-12-27(47-2)13-9-24)49-28-14-10-25(11-15-28)39-35(45)31-29-22-48-19-18-42(29)43(36(31)46)26-6-4-3-5-7-26/h3-17,23,44H,18-22H2,1-2H3,(H,38,40)(H,39,45)/t23-/m1/s1. The predicted molar refractivity (Wildman–Crippen MR) is 184 cm³/mol. The van der Waals surface area contributed by atoms with Gasteiger partial charge in [0.15, 0.2) is 11.5 Å². The zero-order chi connectivity index (χ0) is 33.9. The second-order valence-corrected chi connectivity index (χ2v) is 11.6. The van der Waals surface area contributed by atoms with Crippen molar-refractivity contribution in [3.05, 3.63) is 118 Å². The van der Waals surface area contributed by atoms with Crippen LogP contribution < -0.4 is 25.7 Å². The van der Waals surface area contributed by atoms with Crippen molar-refractivity contribution in [2.24, 2.45) is 0 Å². The van der Waals surface area contributed by atoms with Gasteiger partial charge in [-0.25, -0.2) is 14.3 Å². The van der Waals surface area contributed by atoms with Crippen LogP contribution in [0.25, 0.3) is 16.7 Å². The smallest absolute Gasteiger partial charge is 0.284 e. The molecule has 0 aliphatic carbocycles. The zero-order valence-electron chi connectivity index (χ0n) is 27.0. The molecule has 1 amide bonds. The molecule has 7 rings (SSSR count). The van der Waals surface area contributed by atoms with Crippen molar-refractivity contribution in [1.82, 2.24) is 24.1 Å². The van der Waals surface area contributed by atoms with Gasteiger partial charge in [0, 0.05) is 24.0 Å². The van der Waals surface area contributed by atoms with E-state index in [-0.39, 0.29) is 24.8 Å². The van der Waals surface area contributed by atoms with E-state index in [2.05, 4.69) is 15.6 Å². The number of carbonyl (C=O) groups excluding carboxylic acids is 1. The molecule has 3 aromatic heterocycles. The molecule has 0 saturated carbocycles. The molecule has 4 heterocycles. The van der Waals surface area contributed by atoms with E-state index in [1.54, 1.807) is 48.3 Å². The summed E-state index contributed by atoms with van der Waals surface area (Å²) < 4.78 is 22.4. The van der Waals surface area contributed by atoms with Crippen LogP contribution >= 0.6 is 0 Å². The van der Waals surface area contributed by atoms with Crippen molar-refractivity contribution in [3.63, 3.8) is 0 Å². The van der Waals surface area contributed by atoms with Crippen molar-refractivity contribution in [2.45, 2.75) is 32.7 Å². The molecule has 0 saturated heterocycles. The average Bonchev–Trinajstić information content (AvgIpc) is 3.63. The van der Waals surface area contributed by atoms with E-state index in [4.69, 9.17) is 19.3 Å². The summed E-state index contributed by atoms with van der Waals surface area (Å²) in [6.45, 7) is 3.28. The molecule has 250 valence electrons. The van der Waals surface area contributed by atoms with Crippen LogP contribution in [-0.4, -0.2) is 61.5 Å². The van der Waals surface area contributed by atoms with Crippen molar-refractivity contribution >= 4 is 28.4 Å². The van der Waals surface area contributed by atoms with Crippen LogP contribution in [0.4, 0.5) is 11.5 Å². The number of pyridine rings is 1. The highest BCUT2D eigenvalue weighted by molar-refractivity contribution is 6.05. The molecule has 3 aromatic carbocycles. The van der Waals surface area contributed by atoms with Gasteiger partial charge in [0.05, 0.1) is 51.4 Å². The third-order valence-corrected chi connectivity index (χ3v) is 8.24. The first kappa shape index (κ1) is 31.7. The van der Waals surface area contributed by atoms with Crippen LogP contribution in [0.3, 0.4) is 0 Å². The number of carbonyl (C=O) groups is 1. The number of nitrogens with zero attached hydrogens (tertiary/aromatic N) is 5. The van der Waals surface area contributed by atoms with E-state index >= 15 is 0 Å². The van der Waals surface area contributed by atoms with Gasteiger partial charge in [-0.2, -0.15) is 5.10 Å². The van der Waals surface area contributed by atoms with Gasteiger partial charge < -0.3 is 30.0 Å². The minimum atomic E-state index is -0.517. The number of amides is 1. The van der Waals surface area contributed by atoms with Crippen LogP contribution in [0, 0.1) is 0 Å². The first-order valence-corrected chi connectivity index (χ1v) is 15.9. The molecule has 3 N–H and O–H groups in total. The predicted octanol–water partition coefficient (Wildman–Crippen LogP) is 4.81. The number of ether oxygens (including phenoxy) is 3. The number of nitrogens with one attached hydrogen (secondary N) is 2. The molecule has 13 nitrogen and oxygen atoms in total. The summed E-state index contributed by atoms with van der Waals surface area (Å²) in [5.41, 5.74) is 2.95. The highest BCUT2D eigenvalue weighted by Crippen LogP contribution is 2.35. The maximum absolute atomic E-state index is 13.6. The fraction of sp³-hybridized carbons (Fsp3) is 0.222. The van der Waals surface area contributed by atoms with E-state index < -0.39 is 11.5 Å². The monoisotopic (exact) mass is 661 g/mol. The van der Waals surface area contributed by atoms with Gasteiger partial charge in [0.25, 0.3) is 11.5 Å². The maximum atomic E-state index is 13.6. The molecular formula is C36H35N7O6. The molecule has 0 fully saturated rings. The Balaban J connectivity index is 1.14. The molecule has 0 radical (unpaired) electrons. The van der Waals surface area contributed by atoms with Gasteiger partial charge >= 0.3 is 0 Å². The molecule has 49 heavy (non-hydrogen) atoms. The summed E-state index contributed by atoms with van der Waals surface area (Å²) in [6.07, 6.45) is 1.65. The molecule has 1 aliphatic heterocycles. The molecule has 6 aromatic rings. The van der Waals surface area contributed by atoms with Gasteiger partial charge in [-0.05, 0) is 61.0 Å². The van der Waals surface area contributed by atoms with Crippen LogP contribution in [0.1, 0.15) is 28.5 Å². The normalized spacial score (nSPS) is 13.1. The topological polar surface area (TPSA) is 147 Å². The lowest BCUT2D eigenvalue weighted by atomic mass is 10.2. The molecule has 1 atom stereocenters. The number of rotatable bonds is 11. The second kappa shape index (κ2) is 13.7. The third-order valence-electron chi connectivity index (χ3n) is 8.24. The number of benzene rings is 3. The van der Waals surface area contributed by atoms with Crippen LogP contribution in [-0.2, 0) is 24.4 Å². The van der Waals surface area contributed by atoms with Crippen molar-refractivity contribution in [1.29, 1.82) is 0 Å². The summed E-state index contributed by atoms with van der Waals surface area (Å²) in [5, 5.41) is 21.3. The second-order valence-electron chi connectivity index (χ2n) is 11.6. The molecule has 13 heteroatoms. The first-order valence-electron chi connectivity index (χ1n) is 15.9. The van der Waals surface area contributed by atoms with Crippen LogP contribution in [0.5, 0.6) is 17.2 Å². The Morgan fingerprint density at radius 2 is 1.78 bits per heavy atom. The molecule has 0 unspecified atom stereocenters. The van der Waals surface area contributed by atoms with E-state index in [1.807, 2.05) is 66.2 Å². The van der Waals surface area contributed by atoms with Gasteiger partial charge in [-0.15, -0.1) is 0 Å². The summed E-state index contributed by atoms with van der Waals surface area (Å²) in [5.74, 6) is 1.79. The van der Waals surface area contributed by atoms with Crippen molar-refractivity contribution < 1.29 is 24.1 Å². The number of fused-ring (bicyclic) bond motifs is 2. The van der Waals surface area contributed by atoms with Gasteiger partial charge in [0.2, 0.25) is 0 Å². The highest BCUT2D eigenvalue weighted by Gasteiger charge is 2.28. The quantitative estimate of drug-likeness (QED) is 0.178. The van der Waals surface area contributed by atoms with Crippen molar-refractivity contribution in [2.75, 3.05) is 31.0 Å². The van der Waals surface area contributed by atoms with E-state index in [0.29, 0.717) is 65.1 Å². The number of methoxy groups -OCH3 is 1. The zero-order valence-corrected chi connectivity index (χ0v) is 27.0. The summed E-state index contributed by atoms with van der Waals surface area (Å²) in [7, 11) is 1.63. The van der Waals surface area contributed by atoms with Gasteiger partial charge in [-0.1, -0.05) is 30.3 Å². The largest absolute Gasteiger partial charge is 0.497 e. The van der Waals surface area contributed by atoms with Crippen molar-refractivity contribution in [3.8, 4) is 22.9 Å². The first-order chi connectivity index (χ1) is 23.9. The Bertz CT molecular complexity index is 2160. The number of aromatic nitrogens is 5. The minimum Gasteiger partial charge on any atom is -0.497 e. The van der Waals surface area contributed by atoms with Crippen LogP contribution in [0.15, 0.2) is 95.9 Å². The lowest BCUT2D eigenvalue weighted by Gasteiger charge is -2.19. The lowest BCUT2D eigenvalue weighted by molar-refractivity contribution is 0.0756. The van der Waals surface area contributed by atoms with E-state index in [9.17, 15) is 14.7 Å². The lowest BCUT2D eigenvalue weighted by Crippen LogP contribution is -2.26. The number of aliphatic hydroxyl groups is 1. The number of anilines is 2. The highest BCUT2D eigenvalue weighted by atomic mass is 16.5. The number of aliphatic hydroxyl groups excluding tert-OH is 1. The SMILES string of the molecule is COc1ccc(Cn2nc(N[C@H](C)CO)c3c(Oc4ccc(NC(=O)c5c6n(n(-c7ccccc7)c5=O)CCOC6)cc4)ccnc32)cc1. The fourth-order valence-corrected chi connectivity index (χ4v) is 5.82. The maximum Gasteiger partial charge on any atom is 0.284 e. The summed E-state index contributed by atoms with van der Waals surface area (Å²) in [4.78, 5) is 31.7. The molecule has 0 bridgehead atoms. The fourth-order valence-electron chi connectivity index (χ4n) is 5.82. The Labute approximate surface area is 281 Å². The molecular weight excluding hydrogens is 626 g/mol. The third kappa shape index (κ3) is 6.36. The number of hydrogen-bond acceptors (Lipinski definition) is 9. The summed E-state index contributed by atoms with van der Waals surface area (Å²) in [6, 6.07) is 25.3. The Hall–Kier alpha value is -5.92. The molecule has 0 spiro atoms. The van der Waals surface area contributed by atoms with Gasteiger partial charge in [-0.3, -0.25) is 14.3 Å². The number of hydrogen-bond donors (Lipinski definition) is 3. The van der Waals surface area contributed by atoms with E-state index in [0.717, 1.165) is 11.3 Å². The number of para-hydroxylation sites is 1. The summed E-state index contributed by atoms with van der Waals surface area (Å²) >= 11 is 0. The Morgan fingerprint density at radius 3 is 2.51 bits per heavy atom. The molecule has 1 aliphatic rings. The van der Waals surface area contributed by atoms with E-state index in [1.165, 1.54) is 4.68 Å².